The molecule has 0 N–H and O–H groups in total. The average molecular weight is 180 g/mol. The van der Waals surface area contributed by atoms with Gasteiger partial charge in [0.1, 0.15) is 0 Å². The molecule has 0 aromatic carbocycles. The topological polar surface area (TPSA) is 0 Å². The van der Waals surface area contributed by atoms with E-state index in [0.717, 1.165) is 0 Å². The molecule has 0 spiro atoms. The number of thioether (sulfide) groups is 1. The van der Waals surface area contributed by atoms with Crippen molar-refractivity contribution in [3.63, 3.8) is 0 Å². The Hall–Kier alpha value is 0.790. The summed E-state index contributed by atoms with van der Waals surface area (Å²) in [5.74, 6) is 1.18. The van der Waals surface area contributed by atoms with Crippen molar-refractivity contribution in [2.24, 2.45) is 0 Å². The summed E-state index contributed by atoms with van der Waals surface area (Å²) in [4.78, 5) is 0. The SMILES string of the molecule is C/C=C(\SC)SSCC. The summed E-state index contributed by atoms with van der Waals surface area (Å²) in [6.45, 7) is 4.25. The molecule has 0 aromatic heterocycles. The number of rotatable bonds is 4. The first kappa shape index (κ1) is 9.79. The molecule has 0 saturated carbocycles. The molecule has 0 heterocycles. The predicted octanol–water partition coefficient (Wildman–Crippen LogP) is 3.61. The zero-order valence-corrected chi connectivity index (χ0v) is 8.46. The van der Waals surface area contributed by atoms with Gasteiger partial charge in [-0.3, -0.25) is 0 Å². The normalized spacial score (nSPS) is 12.1. The quantitative estimate of drug-likeness (QED) is 0.607. The van der Waals surface area contributed by atoms with Gasteiger partial charge in [-0.15, -0.1) is 11.8 Å². The van der Waals surface area contributed by atoms with Crippen LogP contribution < -0.4 is 0 Å². The number of allylic oxidation sites excluding steroid dienone is 1. The molecule has 0 aliphatic rings. The molecule has 0 unspecified atom stereocenters. The van der Waals surface area contributed by atoms with Crippen LogP contribution in [0.5, 0.6) is 0 Å². The largest absolute Gasteiger partial charge is 0.122 e. The Labute approximate surface area is 69.6 Å². The molecule has 0 amide bonds. The van der Waals surface area contributed by atoms with Crippen LogP contribution in [0, 0.1) is 0 Å². The second-order valence-corrected chi connectivity index (χ2v) is 5.03. The Morgan fingerprint density at radius 1 is 1.56 bits per heavy atom. The maximum absolute atomic E-state index is 2.17. The number of hydrogen-bond donors (Lipinski definition) is 0. The molecular formula is C6H12S3. The lowest BCUT2D eigenvalue weighted by molar-refractivity contribution is 1.54. The van der Waals surface area contributed by atoms with Crippen molar-refractivity contribution < 1.29 is 0 Å². The van der Waals surface area contributed by atoms with Crippen LogP contribution in [-0.4, -0.2) is 12.0 Å². The standard InChI is InChI=1S/C6H12S3/c1-4-6(7-3)9-8-5-2/h4H,5H2,1-3H3/b6-4+. The molecule has 0 fully saturated rings. The first-order chi connectivity index (χ1) is 4.35. The van der Waals surface area contributed by atoms with Crippen LogP contribution in [0.3, 0.4) is 0 Å². The van der Waals surface area contributed by atoms with Gasteiger partial charge in [-0.1, -0.05) is 34.6 Å². The van der Waals surface area contributed by atoms with E-state index in [9.17, 15) is 0 Å². The van der Waals surface area contributed by atoms with Crippen LogP contribution in [0.1, 0.15) is 13.8 Å². The van der Waals surface area contributed by atoms with E-state index >= 15 is 0 Å². The van der Waals surface area contributed by atoms with E-state index in [0.29, 0.717) is 0 Å². The molecule has 0 nitrogen and oxygen atoms in total. The summed E-state index contributed by atoms with van der Waals surface area (Å²) >= 11 is 1.81. The molecule has 3 heteroatoms. The highest BCUT2D eigenvalue weighted by Gasteiger charge is 1.91. The zero-order valence-electron chi connectivity index (χ0n) is 6.01. The maximum atomic E-state index is 2.17. The van der Waals surface area contributed by atoms with Crippen molar-refractivity contribution in [2.75, 3.05) is 12.0 Å². The Morgan fingerprint density at radius 3 is 2.56 bits per heavy atom. The van der Waals surface area contributed by atoms with Crippen molar-refractivity contribution >= 4 is 33.3 Å². The van der Waals surface area contributed by atoms with Gasteiger partial charge in [0.05, 0.1) is 0 Å². The van der Waals surface area contributed by atoms with Gasteiger partial charge in [-0.2, -0.15) is 0 Å². The van der Waals surface area contributed by atoms with E-state index in [1.807, 2.05) is 33.3 Å². The Morgan fingerprint density at radius 2 is 2.22 bits per heavy atom. The zero-order chi connectivity index (χ0) is 7.11. The van der Waals surface area contributed by atoms with Gasteiger partial charge in [0, 0.05) is 9.99 Å². The smallest absolute Gasteiger partial charge is 0.0465 e. The van der Waals surface area contributed by atoms with Gasteiger partial charge in [0.25, 0.3) is 0 Å². The van der Waals surface area contributed by atoms with E-state index in [2.05, 4.69) is 26.2 Å². The van der Waals surface area contributed by atoms with Gasteiger partial charge in [0.2, 0.25) is 0 Å². The minimum Gasteiger partial charge on any atom is -0.122 e. The molecular weight excluding hydrogens is 168 g/mol. The summed E-state index contributed by atoms with van der Waals surface area (Å²) in [5, 5.41) is 0. The first-order valence-electron chi connectivity index (χ1n) is 2.84. The molecule has 0 radical (unpaired) electrons. The minimum absolute atomic E-state index is 1.18. The summed E-state index contributed by atoms with van der Waals surface area (Å²) in [5.41, 5.74) is 0. The lowest BCUT2D eigenvalue weighted by Gasteiger charge is -1.97. The Bertz CT molecular complexity index is 88.3. The third-order valence-electron chi connectivity index (χ3n) is 0.696. The lowest BCUT2D eigenvalue weighted by atomic mass is 10.8. The summed E-state index contributed by atoms with van der Waals surface area (Å²) in [7, 11) is 3.76. The molecule has 0 aromatic rings. The van der Waals surface area contributed by atoms with Crippen molar-refractivity contribution in [2.45, 2.75) is 13.8 Å². The molecule has 0 saturated heterocycles. The molecule has 0 atom stereocenters. The van der Waals surface area contributed by atoms with Gasteiger partial charge in [-0.25, -0.2) is 0 Å². The highest BCUT2D eigenvalue weighted by atomic mass is 33.1. The van der Waals surface area contributed by atoms with Crippen molar-refractivity contribution in [3.05, 3.63) is 10.3 Å². The van der Waals surface area contributed by atoms with E-state index in [-0.39, 0.29) is 0 Å². The van der Waals surface area contributed by atoms with E-state index in [1.165, 1.54) is 9.99 Å². The second-order valence-electron chi connectivity index (χ2n) is 1.30. The highest BCUT2D eigenvalue weighted by molar-refractivity contribution is 8.80. The Kier molecular flexibility index (Phi) is 7.51. The second kappa shape index (κ2) is 6.90. The van der Waals surface area contributed by atoms with Crippen LogP contribution in [0.2, 0.25) is 0 Å². The van der Waals surface area contributed by atoms with Crippen LogP contribution in [-0.2, 0) is 0 Å². The molecule has 54 valence electrons. The molecule has 0 aliphatic carbocycles. The van der Waals surface area contributed by atoms with E-state index in [4.69, 9.17) is 0 Å². The first-order valence-corrected chi connectivity index (χ1v) is 6.39. The summed E-state index contributed by atoms with van der Waals surface area (Å²) in [6.07, 6.45) is 4.26. The third-order valence-corrected chi connectivity index (χ3v) is 4.75. The lowest BCUT2D eigenvalue weighted by Crippen LogP contribution is -1.62. The fourth-order valence-corrected chi connectivity index (χ4v) is 3.19. The number of hydrogen-bond acceptors (Lipinski definition) is 3. The van der Waals surface area contributed by atoms with Gasteiger partial charge >= 0.3 is 0 Å². The van der Waals surface area contributed by atoms with Crippen LogP contribution >= 0.6 is 33.3 Å². The van der Waals surface area contributed by atoms with E-state index < -0.39 is 0 Å². The fourth-order valence-electron chi connectivity index (χ4n) is 0.317. The average Bonchev–Trinajstić information content (AvgIpc) is 1.91. The van der Waals surface area contributed by atoms with Crippen LogP contribution in [0.15, 0.2) is 10.3 Å². The fraction of sp³-hybridized carbons (Fsp3) is 0.667. The molecule has 0 aliphatic heterocycles. The monoisotopic (exact) mass is 180 g/mol. The van der Waals surface area contributed by atoms with Crippen molar-refractivity contribution in [1.82, 2.24) is 0 Å². The summed E-state index contributed by atoms with van der Waals surface area (Å²) < 4.78 is 1.40. The maximum Gasteiger partial charge on any atom is 0.0465 e. The van der Waals surface area contributed by atoms with E-state index in [1.54, 1.807) is 0 Å². The van der Waals surface area contributed by atoms with Crippen molar-refractivity contribution in [1.29, 1.82) is 0 Å². The van der Waals surface area contributed by atoms with Crippen molar-refractivity contribution in [3.8, 4) is 0 Å². The third kappa shape index (κ3) is 5.25. The molecule has 9 heavy (non-hydrogen) atoms. The predicted molar refractivity (Wildman–Crippen MR) is 53.0 cm³/mol. The van der Waals surface area contributed by atoms with Crippen LogP contribution in [0.25, 0.3) is 0 Å². The Balaban J connectivity index is 3.33. The van der Waals surface area contributed by atoms with Crippen LogP contribution in [0.4, 0.5) is 0 Å². The molecule has 0 bridgehead atoms. The molecule has 0 rings (SSSR count). The van der Waals surface area contributed by atoms with Gasteiger partial charge in [-0.05, 0) is 13.2 Å². The van der Waals surface area contributed by atoms with Gasteiger partial charge < -0.3 is 0 Å². The minimum atomic E-state index is 1.18. The van der Waals surface area contributed by atoms with Gasteiger partial charge in [0.15, 0.2) is 0 Å². The summed E-state index contributed by atoms with van der Waals surface area (Å²) in [6, 6.07) is 0. The highest BCUT2D eigenvalue weighted by Crippen LogP contribution is 2.35.